The summed E-state index contributed by atoms with van der Waals surface area (Å²) in [6.07, 6.45) is 7.47. The molecule has 8 rings (SSSR count). The lowest BCUT2D eigenvalue weighted by molar-refractivity contribution is -0.118. The van der Waals surface area contributed by atoms with Crippen molar-refractivity contribution >= 4 is 45.0 Å². The summed E-state index contributed by atoms with van der Waals surface area (Å²) < 4.78 is 10.2. The molecule has 9 nitrogen and oxygen atoms in total. The molecule has 9 heteroatoms. The SMILES string of the molecule is CCn1c2ccc(OCC(=O)Nc3ccc(N4CCCCC4)cc3)cc2c2c3c(c4c(c21)CCc1nn(C)cc1-4)C(=O)NC3. The van der Waals surface area contributed by atoms with E-state index in [1.165, 1.54) is 36.0 Å². The number of carbonyl (C=O) groups is 2. The Bertz CT molecular complexity index is 1960. The third-order valence-corrected chi connectivity index (χ3v) is 9.47. The van der Waals surface area contributed by atoms with E-state index in [9.17, 15) is 9.59 Å². The second-order valence-electron chi connectivity index (χ2n) is 12.1. The molecule has 3 aromatic carbocycles. The summed E-state index contributed by atoms with van der Waals surface area (Å²) in [6, 6.07) is 14.1. The number of hydrogen-bond acceptors (Lipinski definition) is 5. The normalized spacial score (nSPS) is 15.7. The molecule has 3 aliphatic rings. The van der Waals surface area contributed by atoms with Crippen molar-refractivity contribution in [3.63, 3.8) is 0 Å². The number of benzene rings is 3. The van der Waals surface area contributed by atoms with Gasteiger partial charge in [-0.05, 0) is 92.6 Å². The van der Waals surface area contributed by atoms with Gasteiger partial charge >= 0.3 is 0 Å². The average molecular weight is 589 g/mol. The molecular formula is C35H36N6O3. The third kappa shape index (κ3) is 4.24. The van der Waals surface area contributed by atoms with Gasteiger partial charge in [0.25, 0.3) is 11.8 Å². The zero-order valence-corrected chi connectivity index (χ0v) is 25.2. The van der Waals surface area contributed by atoms with Crippen molar-refractivity contribution < 1.29 is 14.3 Å². The van der Waals surface area contributed by atoms with Gasteiger partial charge in [-0.15, -0.1) is 0 Å². The van der Waals surface area contributed by atoms with Crippen molar-refractivity contribution in [2.75, 3.05) is 29.9 Å². The van der Waals surface area contributed by atoms with E-state index >= 15 is 0 Å². The van der Waals surface area contributed by atoms with E-state index in [1.807, 2.05) is 42.2 Å². The van der Waals surface area contributed by atoms with Gasteiger partial charge in [0, 0.05) is 78.2 Å². The van der Waals surface area contributed by atoms with Gasteiger partial charge in [-0.2, -0.15) is 5.10 Å². The van der Waals surface area contributed by atoms with Gasteiger partial charge in [0.1, 0.15) is 5.75 Å². The fraction of sp³-hybridized carbons (Fsp3) is 0.343. The van der Waals surface area contributed by atoms with Crippen molar-refractivity contribution in [3.8, 4) is 16.9 Å². The average Bonchev–Trinajstić information content (AvgIpc) is 3.72. The molecule has 1 fully saturated rings. The second-order valence-corrected chi connectivity index (χ2v) is 12.1. The van der Waals surface area contributed by atoms with Crippen LogP contribution in [0.2, 0.25) is 0 Å². The number of piperidine rings is 1. The largest absolute Gasteiger partial charge is 0.484 e. The first-order valence-electron chi connectivity index (χ1n) is 15.7. The molecule has 0 atom stereocenters. The highest BCUT2D eigenvalue weighted by Gasteiger charge is 2.35. The first kappa shape index (κ1) is 26.8. The van der Waals surface area contributed by atoms with E-state index in [1.54, 1.807) is 0 Å². The topological polar surface area (TPSA) is 93.4 Å². The van der Waals surface area contributed by atoms with Crippen LogP contribution in [0.1, 0.15) is 53.4 Å². The van der Waals surface area contributed by atoms with E-state index < -0.39 is 0 Å². The Labute approximate surface area is 255 Å². The zero-order valence-electron chi connectivity index (χ0n) is 25.2. The molecule has 44 heavy (non-hydrogen) atoms. The summed E-state index contributed by atoms with van der Waals surface area (Å²) >= 11 is 0. The lowest BCUT2D eigenvalue weighted by Gasteiger charge is -2.28. The number of carbonyl (C=O) groups excluding carboxylic acids is 2. The van der Waals surface area contributed by atoms with Crippen molar-refractivity contribution in [3.05, 3.63) is 71.0 Å². The fourth-order valence-electron chi connectivity index (χ4n) is 7.57. The zero-order chi connectivity index (χ0) is 29.9. The summed E-state index contributed by atoms with van der Waals surface area (Å²) in [5.74, 6) is 0.394. The molecule has 0 bridgehead atoms. The molecule has 0 unspecified atom stereocenters. The smallest absolute Gasteiger partial charge is 0.262 e. The molecule has 2 aliphatic heterocycles. The predicted octanol–water partition coefficient (Wildman–Crippen LogP) is 5.56. The molecule has 1 aliphatic carbocycles. The maximum absolute atomic E-state index is 13.3. The fourth-order valence-corrected chi connectivity index (χ4v) is 7.57. The standard InChI is InChI=1S/C35H36N6O3/c1-3-41-29-14-11-23(44-20-30(42)37-21-7-9-22(10-8-21)40-15-5-4-6-16-40)17-25(29)32-26-18-36-35(43)33(26)31-24(34(32)41)12-13-28-27(31)19-39(2)38-28/h7-11,14,17,19H,3-6,12-13,15-16,18,20H2,1-2H3,(H,36,43)(H,37,42). The van der Waals surface area contributed by atoms with Crippen LogP contribution in [0, 0.1) is 0 Å². The number of aryl methyl sites for hydroxylation is 4. The second kappa shape index (κ2) is 10.4. The van der Waals surface area contributed by atoms with Gasteiger partial charge < -0.3 is 24.8 Å². The number of fused-ring (bicyclic) bond motifs is 10. The third-order valence-electron chi connectivity index (χ3n) is 9.47. The Morgan fingerprint density at radius 2 is 1.84 bits per heavy atom. The molecule has 0 spiro atoms. The van der Waals surface area contributed by atoms with E-state index in [0.29, 0.717) is 12.3 Å². The molecule has 4 heterocycles. The van der Waals surface area contributed by atoms with Crippen LogP contribution in [0.4, 0.5) is 11.4 Å². The molecule has 2 aromatic heterocycles. The van der Waals surface area contributed by atoms with Crippen LogP contribution in [0.3, 0.4) is 0 Å². The molecule has 0 radical (unpaired) electrons. The Morgan fingerprint density at radius 3 is 2.64 bits per heavy atom. The molecule has 2 N–H and O–H groups in total. The van der Waals surface area contributed by atoms with Crippen LogP contribution >= 0.6 is 0 Å². The van der Waals surface area contributed by atoms with Gasteiger partial charge in [-0.3, -0.25) is 14.3 Å². The highest BCUT2D eigenvalue weighted by atomic mass is 16.5. The lowest BCUT2D eigenvalue weighted by Crippen LogP contribution is -2.29. The van der Waals surface area contributed by atoms with Gasteiger partial charge in [0.15, 0.2) is 6.61 Å². The van der Waals surface area contributed by atoms with Crippen LogP contribution in [-0.2, 0) is 37.8 Å². The van der Waals surface area contributed by atoms with Crippen molar-refractivity contribution in [1.29, 1.82) is 0 Å². The molecule has 0 saturated carbocycles. The van der Waals surface area contributed by atoms with E-state index in [4.69, 9.17) is 4.74 Å². The number of nitrogens with zero attached hydrogens (tertiary/aromatic N) is 4. The van der Waals surface area contributed by atoms with Crippen LogP contribution in [0.15, 0.2) is 48.7 Å². The van der Waals surface area contributed by atoms with Gasteiger partial charge in [0.2, 0.25) is 0 Å². The Kier molecular flexibility index (Phi) is 6.36. The van der Waals surface area contributed by atoms with Crippen molar-refractivity contribution in [1.82, 2.24) is 19.7 Å². The number of ether oxygens (including phenoxy) is 1. The highest BCUT2D eigenvalue weighted by Crippen LogP contribution is 2.47. The summed E-state index contributed by atoms with van der Waals surface area (Å²) in [5.41, 5.74) is 10.4. The summed E-state index contributed by atoms with van der Waals surface area (Å²) in [7, 11) is 1.94. The summed E-state index contributed by atoms with van der Waals surface area (Å²) in [6.45, 7) is 5.53. The Balaban J connectivity index is 1.11. The number of rotatable bonds is 6. The first-order chi connectivity index (χ1) is 21.5. The van der Waals surface area contributed by atoms with Crippen LogP contribution in [-0.4, -0.2) is 45.9 Å². The molecule has 1 saturated heterocycles. The quantitative estimate of drug-likeness (QED) is 0.271. The van der Waals surface area contributed by atoms with Crippen LogP contribution in [0.5, 0.6) is 5.75 Å². The van der Waals surface area contributed by atoms with Crippen molar-refractivity contribution in [2.45, 2.75) is 52.1 Å². The van der Waals surface area contributed by atoms with E-state index in [0.717, 1.165) is 82.4 Å². The molecule has 5 aromatic rings. The van der Waals surface area contributed by atoms with Gasteiger partial charge in [0.05, 0.1) is 16.8 Å². The molecule has 224 valence electrons. The summed E-state index contributed by atoms with van der Waals surface area (Å²) in [5, 5.41) is 12.9. The number of anilines is 2. The number of hydrogen-bond donors (Lipinski definition) is 2. The monoisotopic (exact) mass is 588 g/mol. The summed E-state index contributed by atoms with van der Waals surface area (Å²) in [4.78, 5) is 28.5. The highest BCUT2D eigenvalue weighted by molar-refractivity contribution is 6.19. The van der Waals surface area contributed by atoms with Gasteiger partial charge in [-0.1, -0.05) is 0 Å². The minimum atomic E-state index is -0.205. The minimum Gasteiger partial charge on any atom is -0.484 e. The number of nitrogens with one attached hydrogen (secondary N) is 2. The molecular weight excluding hydrogens is 552 g/mol. The lowest BCUT2D eigenvalue weighted by atomic mass is 9.82. The van der Waals surface area contributed by atoms with Crippen LogP contribution in [0.25, 0.3) is 32.9 Å². The number of aromatic nitrogens is 3. The first-order valence-corrected chi connectivity index (χ1v) is 15.7. The Hall–Kier alpha value is -4.79. The minimum absolute atomic E-state index is 0.0275. The van der Waals surface area contributed by atoms with E-state index in [2.05, 4.69) is 50.3 Å². The van der Waals surface area contributed by atoms with Crippen molar-refractivity contribution in [2.24, 2.45) is 7.05 Å². The Morgan fingerprint density at radius 1 is 1.02 bits per heavy atom. The van der Waals surface area contributed by atoms with Crippen LogP contribution < -0.4 is 20.3 Å². The predicted molar refractivity (Wildman–Crippen MR) is 173 cm³/mol. The van der Waals surface area contributed by atoms with E-state index in [-0.39, 0.29) is 18.4 Å². The van der Waals surface area contributed by atoms with Gasteiger partial charge in [-0.25, -0.2) is 0 Å². The maximum Gasteiger partial charge on any atom is 0.262 e. The molecule has 2 amide bonds. The maximum atomic E-state index is 13.3. The number of amides is 2.